The number of hydrogen-bond acceptors (Lipinski definition) is 4. The molecule has 1 heterocycles. The van der Waals surface area contributed by atoms with Gasteiger partial charge in [-0.1, -0.05) is 24.9 Å². The second kappa shape index (κ2) is 7.05. The fourth-order valence-electron chi connectivity index (χ4n) is 1.63. The Bertz CT molecular complexity index is 566. The van der Waals surface area contributed by atoms with E-state index in [1.165, 1.54) is 0 Å². The van der Waals surface area contributed by atoms with E-state index in [1.54, 1.807) is 24.3 Å². The van der Waals surface area contributed by atoms with Crippen molar-refractivity contribution >= 4 is 17.5 Å². The van der Waals surface area contributed by atoms with Crippen LogP contribution in [-0.2, 0) is 11.3 Å². The highest BCUT2D eigenvalue weighted by Crippen LogP contribution is 2.20. The Balaban J connectivity index is 1.92. The van der Waals surface area contributed by atoms with Gasteiger partial charge in [-0.2, -0.15) is 0 Å². The van der Waals surface area contributed by atoms with Crippen molar-refractivity contribution in [1.29, 1.82) is 0 Å². The molecule has 0 atom stereocenters. The van der Waals surface area contributed by atoms with Crippen LogP contribution in [0.25, 0.3) is 11.5 Å². The van der Waals surface area contributed by atoms with Gasteiger partial charge in [-0.05, 0) is 30.7 Å². The number of carbonyl (C=O) groups is 1. The summed E-state index contributed by atoms with van der Waals surface area (Å²) in [7, 11) is 0. The van der Waals surface area contributed by atoms with Crippen molar-refractivity contribution in [3.05, 3.63) is 35.2 Å². The minimum absolute atomic E-state index is 0.00177. The largest absolute Gasteiger partial charge is 0.419 e. The summed E-state index contributed by atoms with van der Waals surface area (Å²) >= 11 is 5.82. The zero-order chi connectivity index (χ0) is 14.4. The number of benzene rings is 1. The Morgan fingerprint density at radius 2 is 2.05 bits per heavy atom. The zero-order valence-corrected chi connectivity index (χ0v) is 12.0. The highest BCUT2D eigenvalue weighted by molar-refractivity contribution is 6.30. The quantitative estimate of drug-likeness (QED) is 0.888. The average Bonchev–Trinajstić information content (AvgIpc) is 2.92. The number of rotatable bonds is 6. The van der Waals surface area contributed by atoms with E-state index >= 15 is 0 Å². The fraction of sp³-hybridized carbons (Fsp3) is 0.357. The monoisotopic (exact) mass is 293 g/mol. The van der Waals surface area contributed by atoms with Gasteiger partial charge in [0.15, 0.2) is 0 Å². The van der Waals surface area contributed by atoms with Crippen molar-refractivity contribution in [2.45, 2.75) is 32.7 Å². The number of halogens is 1. The summed E-state index contributed by atoms with van der Waals surface area (Å²) in [5.74, 6) is 0.803. The van der Waals surface area contributed by atoms with Crippen LogP contribution in [0.5, 0.6) is 0 Å². The standard InChI is InChI=1S/C14H16ClN3O2/c1-2-3-4-12(19)16-9-13-17-18-14(20-13)10-5-7-11(15)8-6-10/h5-8H,2-4,9H2,1H3,(H,16,19). The molecular weight excluding hydrogens is 278 g/mol. The molecule has 0 saturated carbocycles. The Kier molecular flexibility index (Phi) is 5.12. The third-order valence-electron chi connectivity index (χ3n) is 2.75. The van der Waals surface area contributed by atoms with Gasteiger partial charge in [0, 0.05) is 17.0 Å². The topological polar surface area (TPSA) is 68.0 Å². The molecule has 0 radical (unpaired) electrons. The molecule has 1 amide bonds. The van der Waals surface area contributed by atoms with Crippen LogP contribution in [0, 0.1) is 0 Å². The highest BCUT2D eigenvalue weighted by Gasteiger charge is 2.09. The Morgan fingerprint density at radius 3 is 2.75 bits per heavy atom. The molecule has 2 aromatic rings. The predicted molar refractivity (Wildman–Crippen MR) is 76.1 cm³/mol. The number of amides is 1. The summed E-state index contributed by atoms with van der Waals surface area (Å²) in [5.41, 5.74) is 0.797. The SMILES string of the molecule is CCCCC(=O)NCc1nnc(-c2ccc(Cl)cc2)o1. The molecule has 0 aliphatic heterocycles. The number of nitrogens with zero attached hydrogens (tertiary/aromatic N) is 2. The lowest BCUT2D eigenvalue weighted by atomic mass is 10.2. The highest BCUT2D eigenvalue weighted by atomic mass is 35.5. The molecule has 5 nitrogen and oxygen atoms in total. The molecule has 0 aliphatic rings. The van der Waals surface area contributed by atoms with Crippen molar-refractivity contribution in [3.8, 4) is 11.5 Å². The van der Waals surface area contributed by atoms with Crippen molar-refractivity contribution in [3.63, 3.8) is 0 Å². The first-order chi connectivity index (χ1) is 9.69. The van der Waals surface area contributed by atoms with E-state index in [0.29, 0.717) is 23.2 Å². The predicted octanol–water partition coefficient (Wildman–Crippen LogP) is 3.20. The molecule has 0 spiro atoms. The van der Waals surface area contributed by atoms with Gasteiger partial charge in [-0.15, -0.1) is 10.2 Å². The second-order valence-corrected chi connectivity index (χ2v) is 4.82. The second-order valence-electron chi connectivity index (χ2n) is 4.39. The molecule has 0 saturated heterocycles. The maximum atomic E-state index is 11.5. The van der Waals surface area contributed by atoms with Crippen LogP contribution in [-0.4, -0.2) is 16.1 Å². The summed E-state index contributed by atoms with van der Waals surface area (Å²) in [6.07, 6.45) is 2.40. The minimum Gasteiger partial charge on any atom is -0.419 e. The molecule has 1 aromatic carbocycles. The minimum atomic E-state index is -0.00177. The van der Waals surface area contributed by atoms with Gasteiger partial charge in [0.1, 0.15) is 0 Å². The van der Waals surface area contributed by atoms with Crippen LogP contribution in [0.15, 0.2) is 28.7 Å². The summed E-state index contributed by atoms with van der Waals surface area (Å²) in [5, 5.41) is 11.2. The Hall–Kier alpha value is -1.88. The van der Waals surface area contributed by atoms with Gasteiger partial charge in [0.25, 0.3) is 0 Å². The number of unbranched alkanes of at least 4 members (excludes halogenated alkanes) is 1. The molecule has 6 heteroatoms. The molecule has 0 bridgehead atoms. The number of aromatic nitrogens is 2. The fourth-order valence-corrected chi connectivity index (χ4v) is 1.76. The first kappa shape index (κ1) is 14.5. The van der Waals surface area contributed by atoms with Gasteiger partial charge in [0.05, 0.1) is 6.54 Å². The third kappa shape index (κ3) is 4.06. The molecular formula is C14H16ClN3O2. The molecule has 0 aliphatic carbocycles. The van der Waals surface area contributed by atoms with Crippen molar-refractivity contribution in [2.75, 3.05) is 0 Å². The summed E-state index contributed by atoms with van der Waals surface area (Å²) in [4.78, 5) is 11.5. The molecule has 1 N–H and O–H groups in total. The van der Waals surface area contributed by atoms with Crippen LogP contribution in [0.3, 0.4) is 0 Å². The van der Waals surface area contributed by atoms with E-state index in [1.807, 2.05) is 6.92 Å². The van der Waals surface area contributed by atoms with E-state index < -0.39 is 0 Å². The van der Waals surface area contributed by atoms with Crippen molar-refractivity contribution in [2.24, 2.45) is 0 Å². The first-order valence-corrected chi connectivity index (χ1v) is 6.92. The van der Waals surface area contributed by atoms with Crippen molar-refractivity contribution in [1.82, 2.24) is 15.5 Å². The van der Waals surface area contributed by atoms with Gasteiger partial charge in [-0.25, -0.2) is 0 Å². The van der Waals surface area contributed by atoms with Crippen LogP contribution >= 0.6 is 11.6 Å². The molecule has 2 rings (SSSR count). The van der Waals surface area contributed by atoms with E-state index in [2.05, 4.69) is 15.5 Å². The van der Waals surface area contributed by atoms with Gasteiger partial charge >= 0.3 is 0 Å². The van der Waals surface area contributed by atoms with Gasteiger partial charge < -0.3 is 9.73 Å². The number of carbonyl (C=O) groups excluding carboxylic acids is 1. The van der Waals surface area contributed by atoms with E-state index in [4.69, 9.17) is 16.0 Å². The molecule has 1 aromatic heterocycles. The first-order valence-electron chi connectivity index (χ1n) is 6.54. The maximum absolute atomic E-state index is 11.5. The number of nitrogens with one attached hydrogen (secondary N) is 1. The van der Waals surface area contributed by atoms with E-state index in [-0.39, 0.29) is 12.5 Å². The lowest BCUT2D eigenvalue weighted by molar-refractivity contribution is -0.121. The van der Waals surface area contributed by atoms with Crippen LogP contribution in [0.4, 0.5) is 0 Å². The lowest BCUT2D eigenvalue weighted by Crippen LogP contribution is -2.22. The number of hydrogen-bond donors (Lipinski definition) is 1. The van der Waals surface area contributed by atoms with Gasteiger partial charge in [0.2, 0.25) is 17.7 Å². The Morgan fingerprint density at radius 1 is 1.30 bits per heavy atom. The Labute approximate surface area is 122 Å². The average molecular weight is 294 g/mol. The molecule has 0 fully saturated rings. The zero-order valence-electron chi connectivity index (χ0n) is 11.2. The smallest absolute Gasteiger partial charge is 0.247 e. The summed E-state index contributed by atoms with van der Waals surface area (Å²) in [6.45, 7) is 2.30. The van der Waals surface area contributed by atoms with Crippen molar-refractivity contribution < 1.29 is 9.21 Å². The van der Waals surface area contributed by atoms with Crippen LogP contribution in [0.2, 0.25) is 5.02 Å². The van der Waals surface area contributed by atoms with Gasteiger partial charge in [-0.3, -0.25) is 4.79 Å². The van der Waals surface area contributed by atoms with Crippen LogP contribution in [0.1, 0.15) is 32.1 Å². The maximum Gasteiger partial charge on any atom is 0.247 e. The third-order valence-corrected chi connectivity index (χ3v) is 3.00. The van der Waals surface area contributed by atoms with E-state index in [9.17, 15) is 4.79 Å². The van der Waals surface area contributed by atoms with Crippen LogP contribution < -0.4 is 5.32 Å². The summed E-state index contributed by atoms with van der Waals surface area (Å²) < 4.78 is 5.48. The lowest BCUT2D eigenvalue weighted by Gasteiger charge is -2.00. The normalized spacial score (nSPS) is 10.5. The summed E-state index contributed by atoms with van der Waals surface area (Å²) in [6, 6.07) is 7.12. The molecule has 20 heavy (non-hydrogen) atoms. The van der Waals surface area contributed by atoms with E-state index in [0.717, 1.165) is 18.4 Å². The molecule has 0 unspecified atom stereocenters. The molecule has 106 valence electrons.